The summed E-state index contributed by atoms with van der Waals surface area (Å²) in [7, 11) is -4.28. The average molecular weight is 434 g/mol. The first-order valence-corrected chi connectivity index (χ1v) is 10.8. The third kappa shape index (κ3) is 5.50. The van der Waals surface area contributed by atoms with Gasteiger partial charge in [0.1, 0.15) is 11.3 Å². The number of likely N-dealkylation sites (tertiary alicyclic amines) is 1. The second-order valence-electron chi connectivity index (χ2n) is 7.67. The molecule has 2 aliphatic heterocycles. The molecule has 0 aromatic heterocycles. The Labute approximate surface area is 193 Å². The molecule has 1 fully saturated rings. The molecule has 1 aromatic carbocycles. The first-order valence-electron chi connectivity index (χ1n) is 9.37. The molecule has 2 heterocycles. The van der Waals surface area contributed by atoms with Crippen molar-refractivity contribution in [2.75, 3.05) is 19.7 Å². The molecule has 9 nitrogen and oxygen atoms in total. The van der Waals surface area contributed by atoms with Crippen molar-refractivity contribution in [2.24, 2.45) is 22.0 Å². The van der Waals surface area contributed by atoms with Crippen LogP contribution in [0.3, 0.4) is 0 Å². The topological polar surface area (TPSA) is 130 Å². The summed E-state index contributed by atoms with van der Waals surface area (Å²) in [6.45, 7) is 5.77. The molecule has 3 N–H and O–H groups in total. The Hall–Kier alpha value is -1.17. The van der Waals surface area contributed by atoms with Gasteiger partial charge in [0, 0.05) is 31.5 Å². The van der Waals surface area contributed by atoms with Crippen LogP contribution >= 0.6 is 0 Å². The van der Waals surface area contributed by atoms with Gasteiger partial charge in [-0.05, 0) is 24.8 Å². The summed E-state index contributed by atoms with van der Waals surface area (Å²) in [5.74, 6) is 0.706. The van der Waals surface area contributed by atoms with Crippen molar-refractivity contribution in [3.05, 3.63) is 29.0 Å². The van der Waals surface area contributed by atoms with Crippen LogP contribution < -0.4 is 14.9 Å². The van der Waals surface area contributed by atoms with Gasteiger partial charge in [0.2, 0.25) is 5.91 Å². The molecule has 1 unspecified atom stereocenters. The number of benzene rings is 1. The van der Waals surface area contributed by atoms with Crippen LogP contribution in [-0.2, 0) is 15.0 Å². The maximum atomic E-state index is 12.3. The van der Waals surface area contributed by atoms with Crippen LogP contribution in [-0.4, -0.2) is 74.3 Å². The molecular weight excluding hydrogens is 407 g/mol. The van der Waals surface area contributed by atoms with E-state index in [1.165, 1.54) is 6.07 Å². The first-order chi connectivity index (χ1) is 13.2. The average Bonchev–Trinajstić information content (AvgIpc) is 2.63. The number of carbonyl (C=O) groups is 1. The van der Waals surface area contributed by atoms with E-state index >= 15 is 0 Å². The van der Waals surface area contributed by atoms with Gasteiger partial charge in [-0.2, -0.15) is 0 Å². The number of hydrogen-bond donors (Lipinski definition) is 2. The van der Waals surface area contributed by atoms with E-state index in [1.807, 2.05) is 18.7 Å². The molecule has 2 aliphatic rings. The molecule has 156 valence electrons. The Balaban J connectivity index is 0.00000300. The van der Waals surface area contributed by atoms with Gasteiger partial charge < -0.3 is 20.6 Å². The van der Waals surface area contributed by atoms with Crippen LogP contribution in [0.2, 0.25) is 0 Å². The number of ether oxygens (including phenoxy) is 1. The van der Waals surface area contributed by atoms with Gasteiger partial charge in [-0.15, -0.1) is 8.42 Å². The number of carbonyl (C=O) groups excluding carboxylic acids is 1. The number of hydrogen-bond acceptors (Lipinski definition) is 6. The Morgan fingerprint density at radius 3 is 2.86 bits per heavy atom. The fraction of sp³-hybridized carbons (Fsp3) is 0.556. The van der Waals surface area contributed by atoms with Crippen LogP contribution in [0.1, 0.15) is 38.7 Å². The molecule has 11 heteroatoms. The molecule has 2 atom stereocenters. The molecule has 0 spiro atoms. The molecule has 1 saturated heterocycles. The zero-order chi connectivity index (χ0) is 20.5. The number of fused-ring (bicyclic) bond motifs is 1. The third-order valence-electron chi connectivity index (χ3n) is 4.88. The number of nitrogens with zero attached hydrogens (tertiary/aromatic N) is 2. The summed E-state index contributed by atoms with van der Waals surface area (Å²) in [5, 5.41) is 12.1. The van der Waals surface area contributed by atoms with E-state index in [0.29, 0.717) is 31.2 Å². The standard InChI is InChI=1S/C18H26N4O5S.Na.H/c1-12(2)9-16(23)21-8-4-5-13(10-21)11-27-15-7-3-6-14-17(15)18(19)20-28(25,26)22(14)24;;/h3,6-7,12-13,22H,4-5,8-11H2,1-2H3,(H2,19,20);;. The van der Waals surface area contributed by atoms with Crippen molar-refractivity contribution in [3.63, 3.8) is 0 Å². The molecule has 29 heavy (non-hydrogen) atoms. The van der Waals surface area contributed by atoms with E-state index in [9.17, 15) is 18.4 Å². The Morgan fingerprint density at radius 2 is 2.17 bits per heavy atom. The van der Waals surface area contributed by atoms with Gasteiger partial charge >= 0.3 is 39.8 Å². The third-order valence-corrected chi connectivity index (χ3v) is 6.01. The van der Waals surface area contributed by atoms with Crippen LogP contribution in [0.15, 0.2) is 22.6 Å². The Bertz CT molecular complexity index is 890. The van der Waals surface area contributed by atoms with Crippen molar-refractivity contribution in [2.45, 2.75) is 33.1 Å². The number of amidine groups is 1. The molecule has 3 rings (SSSR count). The fourth-order valence-electron chi connectivity index (χ4n) is 3.55. The first kappa shape index (κ1) is 24.1. The van der Waals surface area contributed by atoms with Gasteiger partial charge in [0.25, 0.3) is 0 Å². The number of piperidine rings is 1. The maximum absolute atomic E-state index is 12.3. The number of rotatable bonds is 5. The van der Waals surface area contributed by atoms with E-state index in [0.717, 1.165) is 19.4 Å². The monoisotopic (exact) mass is 434 g/mol. The van der Waals surface area contributed by atoms with E-state index in [2.05, 4.69) is 4.40 Å². The zero-order valence-electron chi connectivity index (χ0n) is 16.1. The fourth-order valence-corrected chi connectivity index (χ4v) is 4.44. The number of nitrogens with two attached hydrogens (primary N) is 1. The number of nitrogens with one attached hydrogen (secondary N) is 1. The van der Waals surface area contributed by atoms with Crippen LogP contribution in [0.4, 0.5) is 5.69 Å². The normalized spacial score (nSPS) is 23.0. The summed E-state index contributed by atoms with van der Waals surface area (Å²) in [5.41, 5.74) is 5.98. The summed E-state index contributed by atoms with van der Waals surface area (Å²) in [6.07, 6.45) is 2.37. The number of amides is 1. The Morgan fingerprint density at radius 1 is 1.45 bits per heavy atom. The molecule has 1 amide bonds. The van der Waals surface area contributed by atoms with Gasteiger partial charge in [-0.25, -0.2) is 4.47 Å². The number of quaternary nitrogens is 1. The van der Waals surface area contributed by atoms with E-state index in [4.69, 9.17) is 10.5 Å². The molecule has 0 saturated carbocycles. The van der Waals surface area contributed by atoms with Gasteiger partial charge in [-0.3, -0.25) is 4.79 Å². The molecule has 0 radical (unpaired) electrons. The van der Waals surface area contributed by atoms with Crippen LogP contribution in [0.5, 0.6) is 5.75 Å². The van der Waals surface area contributed by atoms with Crippen LogP contribution in [0.25, 0.3) is 0 Å². The Kier molecular flexibility index (Phi) is 8.11. The molecule has 0 bridgehead atoms. The summed E-state index contributed by atoms with van der Waals surface area (Å²) in [6, 6.07) is 4.59. The van der Waals surface area contributed by atoms with Crippen molar-refractivity contribution < 1.29 is 22.4 Å². The molecular formula is C18H27N4NaO5S. The van der Waals surface area contributed by atoms with Gasteiger partial charge in [0.05, 0.1) is 6.61 Å². The predicted octanol–water partition coefficient (Wildman–Crippen LogP) is -0.320. The molecule has 0 aliphatic carbocycles. The van der Waals surface area contributed by atoms with Gasteiger partial charge in [0.15, 0.2) is 11.5 Å². The SMILES string of the molecule is CC(C)CC(=O)N1CCCC(COc2cccc3c2C(N)=NS(=O)(=O)[N@@H+]3[O-])C1.[NaH]. The minimum absolute atomic E-state index is 0. The van der Waals surface area contributed by atoms with Crippen molar-refractivity contribution in [3.8, 4) is 5.75 Å². The summed E-state index contributed by atoms with van der Waals surface area (Å²) in [4.78, 5) is 14.2. The van der Waals surface area contributed by atoms with Crippen molar-refractivity contribution >= 4 is 57.2 Å². The second kappa shape index (κ2) is 9.76. The van der Waals surface area contributed by atoms with Crippen molar-refractivity contribution in [1.82, 2.24) is 4.90 Å². The zero-order valence-corrected chi connectivity index (χ0v) is 16.9. The van der Waals surface area contributed by atoms with E-state index in [-0.39, 0.29) is 58.5 Å². The summed E-state index contributed by atoms with van der Waals surface area (Å²) < 4.78 is 31.7. The van der Waals surface area contributed by atoms with E-state index in [1.54, 1.807) is 12.1 Å². The predicted molar refractivity (Wildman–Crippen MR) is 111 cm³/mol. The summed E-state index contributed by atoms with van der Waals surface area (Å²) >= 11 is 0. The van der Waals surface area contributed by atoms with Gasteiger partial charge in [-0.1, -0.05) is 24.3 Å². The van der Waals surface area contributed by atoms with E-state index < -0.39 is 14.7 Å². The molecule has 1 aromatic rings. The van der Waals surface area contributed by atoms with Crippen LogP contribution in [0, 0.1) is 17.0 Å². The van der Waals surface area contributed by atoms with Crippen molar-refractivity contribution in [1.29, 1.82) is 0 Å². The second-order valence-corrected chi connectivity index (χ2v) is 9.18. The minimum atomic E-state index is -4.28. The quantitative estimate of drug-likeness (QED) is 0.483.